The van der Waals surface area contributed by atoms with Crippen molar-refractivity contribution in [2.24, 2.45) is 0 Å². The predicted molar refractivity (Wildman–Crippen MR) is 180 cm³/mol. The molecule has 4 aromatic carbocycles. The number of benzene rings is 4. The molecule has 0 unspecified atom stereocenters. The molecular weight excluding hydrogens is 632 g/mol. The Morgan fingerprint density at radius 1 is 0.812 bits per heavy atom. The van der Waals surface area contributed by atoms with Crippen LogP contribution in [0.3, 0.4) is 0 Å². The molecule has 11 heteroatoms. The normalized spacial score (nSPS) is 17.4. The van der Waals surface area contributed by atoms with Crippen LogP contribution in [0.4, 0.5) is 0 Å². The number of rotatable bonds is 14. The number of amides is 2. The van der Waals surface area contributed by atoms with E-state index >= 15 is 0 Å². The predicted octanol–water partition coefficient (Wildman–Crippen LogP) is 6.17. The molecule has 48 heavy (non-hydrogen) atoms. The molecule has 4 aromatic rings. The van der Waals surface area contributed by atoms with Crippen molar-refractivity contribution >= 4 is 29.5 Å². The number of carbonyl (C=O) groups excluding carboxylic acids is 2. The molecule has 5 rings (SSSR count). The van der Waals surface area contributed by atoms with E-state index in [1.54, 1.807) is 23.7 Å². The highest BCUT2D eigenvalue weighted by Gasteiger charge is 2.32. The number of hydroxylamine groups is 1. The average molecular weight is 671 g/mol. The number of carboxylic acid groups (broad SMARTS) is 1. The molecule has 1 aliphatic rings. The number of aromatic carboxylic acids is 1. The minimum absolute atomic E-state index is 0.0485. The van der Waals surface area contributed by atoms with Crippen LogP contribution in [0.15, 0.2) is 102 Å². The molecule has 10 nitrogen and oxygen atoms in total. The smallest absolute Gasteiger partial charge is 0.336 e. The van der Waals surface area contributed by atoms with Gasteiger partial charge in [0.25, 0.3) is 0 Å². The average Bonchev–Trinajstić information content (AvgIpc) is 3.13. The minimum atomic E-state index is -0.973. The van der Waals surface area contributed by atoms with Crippen molar-refractivity contribution in [1.82, 2.24) is 10.8 Å². The number of thioether (sulfide) groups is 1. The zero-order valence-corrected chi connectivity index (χ0v) is 27.0. The van der Waals surface area contributed by atoms with E-state index < -0.39 is 18.2 Å². The van der Waals surface area contributed by atoms with Gasteiger partial charge in [-0.25, -0.2) is 10.3 Å². The standard InChI is InChI=1S/C37H38N2O8S/c40-22-24-12-14-26(15-13-24)32-20-29(23-48-33-9-4-3-8-31(33)36(43)44)46-37(47-32)27-18-16-25(17-19-27)30-7-2-1-6-28(30)21-38-34(41)10-5-11-35(42)39-45/h1-4,6-9,12-19,29,32,37,40,45H,5,10-11,20-23H2,(H,38,41)(H,39,42)(H,43,44)/t29-,32+,37+/m1/s1. The number of aliphatic hydroxyl groups excluding tert-OH is 1. The van der Waals surface area contributed by atoms with Gasteiger partial charge in [-0.2, -0.15) is 0 Å². The molecule has 1 saturated heterocycles. The van der Waals surface area contributed by atoms with Crippen LogP contribution in [-0.4, -0.2) is 45.1 Å². The van der Waals surface area contributed by atoms with E-state index in [0.717, 1.165) is 33.4 Å². The summed E-state index contributed by atoms with van der Waals surface area (Å²) >= 11 is 1.44. The van der Waals surface area contributed by atoms with E-state index in [1.165, 1.54) is 11.8 Å². The Morgan fingerprint density at radius 2 is 1.50 bits per heavy atom. The van der Waals surface area contributed by atoms with Gasteiger partial charge in [0.15, 0.2) is 6.29 Å². The van der Waals surface area contributed by atoms with E-state index in [4.69, 9.17) is 14.7 Å². The molecule has 0 bridgehead atoms. The topological polar surface area (TPSA) is 154 Å². The molecule has 2 amide bonds. The third-order valence-corrected chi connectivity index (χ3v) is 9.28. The molecule has 0 aromatic heterocycles. The highest BCUT2D eigenvalue weighted by Crippen LogP contribution is 2.40. The molecule has 3 atom stereocenters. The van der Waals surface area contributed by atoms with Crippen LogP contribution in [0.2, 0.25) is 0 Å². The van der Waals surface area contributed by atoms with E-state index in [2.05, 4.69) is 5.32 Å². The fourth-order valence-corrected chi connectivity index (χ4v) is 6.56. The van der Waals surface area contributed by atoms with E-state index in [9.17, 15) is 24.6 Å². The summed E-state index contributed by atoms with van der Waals surface area (Å²) in [6.07, 6.45) is -0.0446. The summed E-state index contributed by atoms with van der Waals surface area (Å²) in [6, 6.07) is 30.3. The lowest BCUT2D eigenvalue weighted by Crippen LogP contribution is -2.31. The van der Waals surface area contributed by atoms with Crippen molar-refractivity contribution in [3.05, 3.63) is 125 Å². The lowest BCUT2D eigenvalue weighted by Gasteiger charge is -2.36. The lowest BCUT2D eigenvalue weighted by molar-refractivity contribution is -0.245. The second-order valence-electron chi connectivity index (χ2n) is 11.4. The summed E-state index contributed by atoms with van der Waals surface area (Å²) in [6.45, 7) is 0.270. The van der Waals surface area contributed by atoms with Crippen molar-refractivity contribution < 1.29 is 39.3 Å². The van der Waals surface area contributed by atoms with Gasteiger partial charge in [-0.3, -0.25) is 14.8 Å². The Balaban J connectivity index is 1.30. The minimum Gasteiger partial charge on any atom is -0.478 e. The van der Waals surface area contributed by atoms with Crippen molar-refractivity contribution in [3.63, 3.8) is 0 Å². The van der Waals surface area contributed by atoms with Crippen LogP contribution in [0.1, 0.15) is 70.7 Å². The van der Waals surface area contributed by atoms with Gasteiger partial charge >= 0.3 is 5.97 Å². The van der Waals surface area contributed by atoms with Crippen LogP contribution in [-0.2, 0) is 32.2 Å². The number of hydrogen-bond acceptors (Lipinski definition) is 8. The molecule has 1 heterocycles. The van der Waals surface area contributed by atoms with Crippen LogP contribution in [0, 0.1) is 0 Å². The fraction of sp³-hybridized carbons (Fsp3) is 0.270. The van der Waals surface area contributed by atoms with Gasteiger partial charge in [0.1, 0.15) is 0 Å². The first kappa shape index (κ1) is 34.8. The van der Waals surface area contributed by atoms with E-state index in [1.807, 2.05) is 78.9 Å². The summed E-state index contributed by atoms with van der Waals surface area (Å²) in [4.78, 5) is 36.0. The van der Waals surface area contributed by atoms with E-state index in [0.29, 0.717) is 30.0 Å². The monoisotopic (exact) mass is 670 g/mol. The quantitative estimate of drug-likeness (QED) is 0.0602. The highest BCUT2D eigenvalue weighted by molar-refractivity contribution is 7.99. The van der Waals surface area contributed by atoms with E-state index in [-0.39, 0.29) is 43.1 Å². The maximum absolute atomic E-state index is 12.3. The van der Waals surface area contributed by atoms with Gasteiger partial charge in [0.2, 0.25) is 11.8 Å². The van der Waals surface area contributed by atoms with Crippen LogP contribution < -0.4 is 10.8 Å². The summed E-state index contributed by atoms with van der Waals surface area (Å²) in [5.74, 6) is -1.15. The summed E-state index contributed by atoms with van der Waals surface area (Å²) in [5.41, 5.74) is 7.26. The first-order chi connectivity index (χ1) is 23.3. The molecule has 5 N–H and O–H groups in total. The number of aliphatic hydroxyl groups is 1. The van der Waals surface area contributed by atoms with Crippen molar-refractivity contribution in [1.29, 1.82) is 0 Å². The summed E-state index contributed by atoms with van der Waals surface area (Å²) in [7, 11) is 0. The molecule has 0 saturated carbocycles. The van der Waals surface area contributed by atoms with Gasteiger partial charge in [0.05, 0.1) is 24.4 Å². The van der Waals surface area contributed by atoms with Gasteiger partial charge in [-0.05, 0) is 46.4 Å². The molecule has 0 aliphatic carbocycles. The van der Waals surface area contributed by atoms with Gasteiger partial charge in [0, 0.05) is 42.0 Å². The Bertz CT molecular complexity index is 1700. The molecule has 1 fully saturated rings. The first-order valence-electron chi connectivity index (χ1n) is 15.7. The zero-order valence-electron chi connectivity index (χ0n) is 26.2. The maximum atomic E-state index is 12.3. The number of carboxylic acids is 1. The number of nitrogens with one attached hydrogen (secondary N) is 2. The second-order valence-corrected chi connectivity index (χ2v) is 12.5. The van der Waals surface area contributed by atoms with Crippen molar-refractivity contribution in [3.8, 4) is 11.1 Å². The molecule has 0 radical (unpaired) electrons. The number of ether oxygens (including phenoxy) is 2. The molecular formula is C37H38N2O8S. The van der Waals surface area contributed by atoms with Crippen molar-refractivity contribution in [2.75, 3.05) is 5.75 Å². The second kappa shape index (κ2) is 17.0. The summed E-state index contributed by atoms with van der Waals surface area (Å²) < 4.78 is 13.0. The third-order valence-electron chi connectivity index (χ3n) is 8.08. The Labute approximate surface area is 283 Å². The third kappa shape index (κ3) is 9.30. The van der Waals surface area contributed by atoms with Crippen LogP contribution in [0.5, 0.6) is 0 Å². The Morgan fingerprint density at radius 3 is 2.23 bits per heavy atom. The van der Waals surface area contributed by atoms with Gasteiger partial charge < -0.3 is 25.0 Å². The lowest BCUT2D eigenvalue weighted by atomic mass is 9.97. The molecule has 1 aliphatic heterocycles. The van der Waals surface area contributed by atoms with Gasteiger partial charge in [-0.15, -0.1) is 11.8 Å². The Hall–Kier alpha value is -4.52. The highest BCUT2D eigenvalue weighted by atomic mass is 32.2. The summed E-state index contributed by atoms with van der Waals surface area (Å²) in [5, 5.41) is 30.7. The largest absolute Gasteiger partial charge is 0.478 e. The zero-order chi connectivity index (χ0) is 33.9. The molecule has 250 valence electrons. The first-order valence-corrected chi connectivity index (χ1v) is 16.7. The number of hydrogen-bond donors (Lipinski definition) is 5. The van der Waals surface area contributed by atoms with Crippen LogP contribution in [0.25, 0.3) is 11.1 Å². The maximum Gasteiger partial charge on any atom is 0.336 e. The van der Waals surface area contributed by atoms with Crippen molar-refractivity contribution in [2.45, 2.75) is 62.2 Å². The number of carbonyl (C=O) groups is 3. The Kier molecular flexibility index (Phi) is 12.4. The fourth-order valence-electron chi connectivity index (χ4n) is 5.50. The molecule has 0 spiro atoms. The van der Waals surface area contributed by atoms with Gasteiger partial charge in [-0.1, -0.05) is 84.9 Å². The van der Waals surface area contributed by atoms with Crippen LogP contribution >= 0.6 is 11.8 Å². The SMILES string of the molecule is O=C(CCCC(=O)NCc1ccccc1-c1ccc([C@H]2O[C@@H](CSc3ccccc3C(=O)O)C[C@@H](c3ccc(CO)cc3)O2)cc1)NO.